The van der Waals surface area contributed by atoms with Crippen molar-refractivity contribution in [3.8, 4) is 0 Å². The third-order valence-corrected chi connectivity index (χ3v) is 5.32. The normalized spacial score (nSPS) is 14.9. The molecule has 4 rings (SSSR count). The van der Waals surface area contributed by atoms with E-state index in [-0.39, 0.29) is 5.91 Å². The maximum Gasteiger partial charge on any atom is 0.246 e. The third-order valence-electron chi connectivity index (χ3n) is 5.32. The van der Waals surface area contributed by atoms with Crippen LogP contribution in [0.1, 0.15) is 29.9 Å². The molecule has 1 aliphatic rings. The minimum Gasteiger partial charge on any atom is -0.465 e. The number of aryl methyl sites for hydroxylation is 1. The first kappa shape index (κ1) is 19.8. The van der Waals surface area contributed by atoms with Crippen LogP contribution in [0, 0.1) is 12.8 Å². The molecular weight excluding hydrogens is 378 g/mol. The fourth-order valence-electron chi connectivity index (χ4n) is 3.56. The molecule has 1 saturated heterocycles. The Morgan fingerprint density at radius 1 is 1.20 bits per heavy atom. The minimum absolute atomic E-state index is 0.0323. The van der Waals surface area contributed by atoms with E-state index in [0.29, 0.717) is 17.5 Å². The number of furan rings is 1. The maximum atomic E-state index is 12.3. The molecule has 0 aliphatic carbocycles. The van der Waals surface area contributed by atoms with E-state index in [2.05, 4.69) is 20.3 Å². The Morgan fingerprint density at radius 3 is 2.77 bits per heavy atom. The van der Waals surface area contributed by atoms with Crippen LogP contribution in [0.3, 0.4) is 0 Å². The Kier molecular flexibility index (Phi) is 6.17. The smallest absolute Gasteiger partial charge is 0.246 e. The average Bonchev–Trinajstić information content (AvgIpc) is 3.29. The summed E-state index contributed by atoms with van der Waals surface area (Å²) < 4.78 is 5.22. The van der Waals surface area contributed by atoms with E-state index < -0.39 is 0 Å². The van der Waals surface area contributed by atoms with E-state index in [1.54, 1.807) is 36.9 Å². The van der Waals surface area contributed by atoms with Gasteiger partial charge in [0.2, 0.25) is 5.91 Å². The molecule has 1 amide bonds. The number of hydrogen-bond acceptors (Lipinski definition) is 6. The minimum atomic E-state index is 0.0323. The second kappa shape index (κ2) is 9.35. The number of hydrogen-bond donors (Lipinski definition) is 1. The van der Waals surface area contributed by atoms with E-state index in [0.717, 1.165) is 49.4 Å². The van der Waals surface area contributed by atoms with Crippen molar-refractivity contribution < 1.29 is 9.21 Å². The first-order valence-corrected chi connectivity index (χ1v) is 10.2. The summed E-state index contributed by atoms with van der Waals surface area (Å²) in [5.41, 5.74) is 2.03. The molecule has 3 aromatic rings. The summed E-state index contributed by atoms with van der Waals surface area (Å²) in [6, 6.07) is 7.54. The van der Waals surface area contributed by atoms with Gasteiger partial charge in [-0.2, -0.15) is 0 Å². The Labute approximate surface area is 175 Å². The van der Waals surface area contributed by atoms with Crippen molar-refractivity contribution in [3.05, 3.63) is 72.2 Å². The number of amides is 1. The van der Waals surface area contributed by atoms with Crippen molar-refractivity contribution in [2.45, 2.75) is 26.2 Å². The van der Waals surface area contributed by atoms with Crippen LogP contribution in [-0.2, 0) is 11.2 Å². The summed E-state index contributed by atoms with van der Waals surface area (Å²) in [5, 5.41) is 3.20. The van der Waals surface area contributed by atoms with Crippen molar-refractivity contribution in [2.75, 3.05) is 18.4 Å². The molecule has 0 unspecified atom stereocenters. The average molecular weight is 403 g/mol. The van der Waals surface area contributed by atoms with Gasteiger partial charge >= 0.3 is 0 Å². The van der Waals surface area contributed by atoms with Gasteiger partial charge in [-0.25, -0.2) is 9.97 Å². The number of nitrogens with one attached hydrogen (secondary N) is 1. The topological polar surface area (TPSA) is 84.2 Å². The molecule has 7 nitrogen and oxygen atoms in total. The van der Waals surface area contributed by atoms with Crippen LogP contribution in [0.5, 0.6) is 0 Å². The van der Waals surface area contributed by atoms with E-state index in [4.69, 9.17) is 4.42 Å². The molecule has 0 aromatic carbocycles. The van der Waals surface area contributed by atoms with Gasteiger partial charge in [0.1, 0.15) is 17.4 Å². The maximum absolute atomic E-state index is 12.3. The van der Waals surface area contributed by atoms with E-state index in [9.17, 15) is 4.79 Å². The van der Waals surface area contributed by atoms with Gasteiger partial charge in [0.25, 0.3) is 0 Å². The summed E-state index contributed by atoms with van der Waals surface area (Å²) in [5.74, 6) is 2.70. The lowest BCUT2D eigenvalue weighted by Crippen LogP contribution is -2.38. The van der Waals surface area contributed by atoms with Gasteiger partial charge < -0.3 is 14.6 Å². The molecule has 0 spiro atoms. The van der Waals surface area contributed by atoms with Gasteiger partial charge in [0.15, 0.2) is 0 Å². The lowest BCUT2D eigenvalue weighted by atomic mass is 9.92. The van der Waals surface area contributed by atoms with Crippen molar-refractivity contribution in [1.82, 2.24) is 19.9 Å². The third kappa shape index (κ3) is 5.11. The highest BCUT2D eigenvalue weighted by atomic mass is 16.3. The fourth-order valence-corrected chi connectivity index (χ4v) is 3.56. The van der Waals surface area contributed by atoms with E-state index >= 15 is 0 Å². The number of rotatable bonds is 6. The summed E-state index contributed by atoms with van der Waals surface area (Å²) in [6.45, 7) is 3.52. The summed E-state index contributed by atoms with van der Waals surface area (Å²) in [7, 11) is 0. The van der Waals surface area contributed by atoms with Crippen molar-refractivity contribution in [2.24, 2.45) is 5.92 Å². The number of piperidine rings is 1. The lowest BCUT2D eigenvalue weighted by molar-refractivity contribution is -0.127. The zero-order valence-electron chi connectivity index (χ0n) is 17.0. The number of carbonyl (C=O) groups excluding carboxylic acids is 1. The quantitative estimate of drug-likeness (QED) is 0.626. The number of likely N-dealkylation sites (tertiary alicyclic amines) is 1. The molecular formula is C23H25N5O2. The van der Waals surface area contributed by atoms with Crippen molar-refractivity contribution in [3.63, 3.8) is 0 Å². The molecule has 3 aromatic heterocycles. The molecule has 0 radical (unpaired) electrons. The van der Waals surface area contributed by atoms with E-state index in [1.807, 2.05) is 36.2 Å². The standard InChI is InChI=1S/C23H25N5O2/c1-17-4-2-10-24-23(17)27-21-16-25-19(15-26-21)14-18-8-11-28(12-9-18)22(29)7-6-20-5-3-13-30-20/h2-7,10,13,15-16,18H,8-9,11-12,14H2,1H3,(H,24,26,27)/b7-6+. The van der Waals surface area contributed by atoms with Crippen molar-refractivity contribution >= 4 is 23.6 Å². The fraction of sp³-hybridized carbons (Fsp3) is 0.304. The van der Waals surface area contributed by atoms with Crippen LogP contribution in [0.2, 0.25) is 0 Å². The molecule has 1 N–H and O–H groups in total. The number of aromatic nitrogens is 3. The summed E-state index contributed by atoms with van der Waals surface area (Å²) >= 11 is 0. The predicted molar refractivity (Wildman–Crippen MR) is 115 cm³/mol. The zero-order chi connectivity index (χ0) is 20.8. The van der Waals surface area contributed by atoms with Crippen LogP contribution in [0.15, 0.2) is 59.6 Å². The van der Waals surface area contributed by atoms with Crippen LogP contribution in [0.25, 0.3) is 6.08 Å². The Bertz CT molecular complexity index is 991. The van der Waals surface area contributed by atoms with E-state index in [1.165, 1.54) is 0 Å². The monoisotopic (exact) mass is 403 g/mol. The molecule has 7 heteroatoms. The molecule has 0 saturated carbocycles. The molecule has 30 heavy (non-hydrogen) atoms. The highest BCUT2D eigenvalue weighted by molar-refractivity contribution is 5.91. The van der Waals surface area contributed by atoms with Gasteiger partial charge in [-0.1, -0.05) is 6.07 Å². The zero-order valence-corrected chi connectivity index (χ0v) is 17.0. The number of anilines is 2. The molecule has 1 aliphatic heterocycles. The van der Waals surface area contributed by atoms with Crippen LogP contribution >= 0.6 is 0 Å². The molecule has 1 fully saturated rings. The number of pyridine rings is 1. The van der Waals surface area contributed by atoms with Gasteiger partial charge in [-0.05, 0) is 61.9 Å². The first-order chi connectivity index (χ1) is 14.7. The largest absolute Gasteiger partial charge is 0.465 e. The van der Waals surface area contributed by atoms with Crippen LogP contribution < -0.4 is 5.32 Å². The van der Waals surface area contributed by atoms with Crippen molar-refractivity contribution in [1.29, 1.82) is 0 Å². The second-order valence-electron chi connectivity index (χ2n) is 7.51. The Balaban J connectivity index is 1.26. The molecule has 0 atom stereocenters. The van der Waals surface area contributed by atoms with Crippen LogP contribution in [-0.4, -0.2) is 38.8 Å². The Morgan fingerprint density at radius 2 is 2.07 bits per heavy atom. The van der Waals surface area contributed by atoms with Gasteiger partial charge in [-0.15, -0.1) is 0 Å². The van der Waals surface area contributed by atoms with Gasteiger partial charge in [-0.3, -0.25) is 9.78 Å². The lowest BCUT2D eigenvalue weighted by Gasteiger charge is -2.31. The molecule has 4 heterocycles. The first-order valence-electron chi connectivity index (χ1n) is 10.2. The molecule has 154 valence electrons. The highest BCUT2D eigenvalue weighted by Gasteiger charge is 2.22. The van der Waals surface area contributed by atoms with Crippen LogP contribution in [0.4, 0.5) is 11.6 Å². The predicted octanol–water partition coefficient (Wildman–Crippen LogP) is 4.01. The number of carbonyl (C=O) groups is 1. The highest BCUT2D eigenvalue weighted by Crippen LogP contribution is 2.22. The summed E-state index contributed by atoms with van der Waals surface area (Å²) in [6.07, 6.45) is 13.0. The van der Waals surface area contributed by atoms with Gasteiger partial charge in [0, 0.05) is 25.4 Å². The molecule has 0 bridgehead atoms. The summed E-state index contributed by atoms with van der Waals surface area (Å²) in [4.78, 5) is 27.6. The number of nitrogens with zero attached hydrogens (tertiary/aromatic N) is 4. The second-order valence-corrected chi connectivity index (χ2v) is 7.51. The SMILES string of the molecule is Cc1cccnc1Nc1cnc(CC2CCN(C(=O)/C=C/c3ccco3)CC2)cn1. The Hall–Kier alpha value is -3.48. The van der Waals surface area contributed by atoms with Gasteiger partial charge in [0.05, 0.1) is 24.4 Å².